The fraction of sp³-hybridized carbons (Fsp3) is 0.0769. The number of aromatic nitrogens is 2. The Labute approximate surface area is 120 Å². The predicted octanol–water partition coefficient (Wildman–Crippen LogP) is 2.39. The summed E-state index contributed by atoms with van der Waals surface area (Å²) in [6.45, 7) is 0. The van der Waals surface area contributed by atoms with E-state index >= 15 is 0 Å². The summed E-state index contributed by atoms with van der Waals surface area (Å²) in [5, 5.41) is 21.7. The summed E-state index contributed by atoms with van der Waals surface area (Å²) < 4.78 is 1.94. The van der Waals surface area contributed by atoms with Crippen molar-refractivity contribution in [3.05, 3.63) is 36.7 Å². The number of benzene rings is 1. The zero-order chi connectivity index (χ0) is 14.4. The van der Waals surface area contributed by atoms with Gasteiger partial charge in [-0.25, -0.2) is 4.98 Å². The van der Waals surface area contributed by atoms with Crippen LogP contribution in [0.5, 0.6) is 0 Å². The second-order valence-electron chi connectivity index (χ2n) is 3.74. The van der Waals surface area contributed by atoms with E-state index in [9.17, 15) is 0 Å². The van der Waals surface area contributed by atoms with Crippen LogP contribution < -0.4 is 5.43 Å². The maximum atomic E-state index is 8.56. The molecule has 0 aliphatic rings. The third-order valence-corrected chi connectivity index (χ3v) is 3.43. The van der Waals surface area contributed by atoms with Crippen LogP contribution in [0, 0.1) is 22.7 Å². The molecule has 0 saturated carbocycles. The Morgan fingerprint density at radius 1 is 1.30 bits per heavy atom. The lowest BCUT2D eigenvalue weighted by Crippen LogP contribution is -1.96. The van der Waals surface area contributed by atoms with Gasteiger partial charge in [0.1, 0.15) is 12.1 Å². The van der Waals surface area contributed by atoms with Crippen molar-refractivity contribution in [2.24, 2.45) is 12.1 Å². The topological polar surface area (TPSA) is 89.8 Å². The van der Waals surface area contributed by atoms with Crippen molar-refractivity contribution >= 4 is 23.2 Å². The Bertz CT molecular complexity index is 686. The highest BCUT2D eigenvalue weighted by Crippen LogP contribution is 2.26. The lowest BCUT2D eigenvalue weighted by atomic mass is 10.3. The van der Waals surface area contributed by atoms with E-state index in [1.165, 1.54) is 0 Å². The van der Waals surface area contributed by atoms with Crippen molar-refractivity contribution < 1.29 is 0 Å². The van der Waals surface area contributed by atoms with Crippen LogP contribution in [0.4, 0.5) is 5.69 Å². The van der Waals surface area contributed by atoms with Gasteiger partial charge in [0.15, 0.2) is 5.16 Å². The van der Waals surface area contributed by atoms with Gasteiger partial charge in [-0.15, -0.1) is 0 Å². The molecule has 0 bridgehead atoms. The van der Waals surface area contributed by atoms with Gasteiger partial charge in [-0.2, -0.15) is 15.6 Å². The van der Waals surface area contributed by atoms with Crippen LogP contribution in [0.3, 0.4) is 0 Å². The molecule has 1 N–H and O–H groups in total. The van der Waals surface area contributed by atoms with Gasteiger partial charge in [-0.1, -0.05) is 11.8 Å². The fourth-order valence-corrected chi connectivity index (χ4v) is 2.15. The van der Waals surface area contributed by atoms with Gasteiger partial charge in [0.05, 0.1) is 5.69 Å². The van der Waals surface area contributed by atoms with Crippen molar-refractivity contribution in [2.75, 3.05) is 5.43 Å². The van der Waals surface area contributed by atoms with Gasteiger partial charge < -0.3 is 4.57 Å². The highest BCUT2D eigenvalue weighted by Gasteiger charge is 2.02. The Kier molecular flexibility index (Phi) is 4.38. The average molecular weight is 282 g/mol. The highest BCUT2D eigenvalue weighted by atomic mass is 32.2. The lowest BCUT2D eigenvalue weighted by molar-refractivity contribution is 0.790. The molecule has 0 atom stereocenters. The van der Waals surface area contributed by atoms with Crippen molar-refractivity contribution in [3.8, 4) is 12.1 Å². The molecule has 20 heavy (non-hydrogen) atoms. The molecule has 0 aliphatic carbocycles. The molecule has 0 unspecified atom stereocenters. The van der Waals surface area contributed by atoms with Crippen LogP contribution in [0.1, 0.15) is 0 Å². The third-order valence-electron chi connectivity index (χ3n) is 2.35. The second-order valence-corrected chi connectivity index (χ2v) is 4.78. The minimum absolute atomic E-state index is 0.212. The SMILES string of the molecule is Cn1ccnc1Sc1ccc(NN=C(C#N)C#N)cc1. The number of hydrazone groups is 1. The Morgan fingerprint density at radius 2 is 2.00 bits per heavy atom. The maximum absolute atomic E-state index is 8.56. The molecular weight excluding hydrogens is 272 g/mol. The number of aryl methyl sites for hydroxylation is 1. The minimum Gasteiger partial charge on any atom is -0.329 e. The number of rotatable bonds is 4. The molecule has 1 heterocycles. The van der Waals surface area contributed by atoms with E-state index < -0.39 is 0 Å². The predicted molar refractivity (Wildman–Crippen MR) is 76.1 cm³/mol. The Hall–Kier alpha value is -2.77. The van der Waals surface area contributed by atoms with Crippen LogP contribution in [0.15, 0.2) is 51.8 Å². The quantitative estimate of drug-likeness (QED) is 0.687. The standard InChI is InChI=1S/C13H10N6S/c1-19-7-6-16-13(19)20-12-4-2-10(3-5-12)17-18-11(8-14)9-15/h2-7,17H,1H3. The number of hydrogen-bond donors (Lipinski definition) is 1. The summed E-state index contributed by atoms with van der Waals surface area (Å²) in [5.74, 6) is 0. The molecule has 2 aromatic rings. The number of nitriles is 2. The molecule has 98 valence electrons. The van der Waals surface area contributed by atoms with E-state index in [4.69, 9.17) is 10.5 Å². The van der Waals surface area contributed by atoms with E-state index in [0.717, 1.165) is 10.1 Å². The second kappa shape index (κ2) is 6.41. The monoisotopic (exact) mass is 282 g/mol. The molecule has 0 radical (unpaired) electrons. The summed E-state index contributed by atoms with van der Waals surface area (Å²) >= 11 is 1.55. The molecule has 1 aromatic heterocycles. The van der Waals surface area contributed by atoms with E-state index in [-0.39, 0.29) is 5.71 Å². The first-order chi connectivity index (χ1) is 9.72. The van der Waals surface area contributed by atoms with Gasteiger partial charge in [-0.3, -0.25) is 5.43 Å². The minimum atomic E-state index is -0.212. The summed E-state index contributed by atoms with van der Waals surface area (Å²) in [5.41, 5.74) is 3.15. The van der Waals surface area contributed by atoms with Crippen molar-refractivity contribution in [2.45, 2.75) is 10.1 Å². The number of nitrogens with one attached hydrogen (secondary N) is 1. The maximum Gasteiger partial charge on any atom is 0.237 e. The van der Waals surface area contributed by atoms with Crippen molar-refractivity contribution in [1.29, 1.82) is 10.5 Å². The van der Waals surface area contributed by atoms with Crippen LogP contribution in [-0.2, 0) is 7.05 Å². The number of anilines is 1. The first-order valence-corrected chi connectivity index (χ1v) is 6.43. The van der Waals surface area contributed by atoms with Gasteiger partial charge >= 0.3 is 0 Å². The molecule has 7 heteroatoms. The fourth-order valence-electron chi connectivity index (χ4n) is 1.35. The van der Waals surface area contributed by atoms with E-state index in [1.54, 1.807) is 30.1 Å². The van der Waals surface area contributed by atoms with Gasteiger partial charge in [-0.05, 0) is 24.3 Å². The lowest BCUT2D eigenvalue weighted by Gasteiger charge is -2.03. The van der Waals surface area contributed by atoms with E-state index in [0.29, 0.717) is 5.69 Å². The summed E-state index contributed by atoms with van der Waals surface area (Å²) in [6, 6.07) is 10.8. The molecule has 0 saturated heterocycles. The first kappa shape index (κ1) is 13.7. The Balaban J connectivity index is 2.04. The first-order valence-electron chi connectivity index (χ1n) is 5.62. The summed E-state index contributed by atoms with van der Waals surface area (Å²) in [6.07, 6.45) is 3.64. The average Bonchev–Trinajstić information content (AvgIpc) is 2.87. The van der Waals surface area contributed by atoms with E-state index in [2.05, 4.69) is 15.5 Å². The van der Waals surface area contributed by atoms with Crippen molar-refractivity contribution in [3.63, 3.8) is 0 Å². The number of nitrogens with zero attached hydrogens (tertiary/aromatic N) is 5. The van der Waals surface area contributed by atoms with Gasteiger partial charge in [0.2, 0.25) is 5.71 Å². The van der Waals surface area contributed by atoms with Crippen molar-refractivity contribution in [1.82, 2.24) is 9.55 Å². The van der Waals surface area contributed by atoms with Crippen LogP contribution in [0.2, 0.25) is 0 Å². The molecule has 0 fully saturated rings. The zero-order valence-corrected chi connectivity index (χ0v) is 11.4. The van der Waals surface area contributed by atoms with Crippen LogP contribution in [0.25, 0.3) is 0 Å². The third kappa shape index (κ3) is 3.37. The molecule has 0 spiro atoms. The number of imidazole rings is 1. The molecule has 0 amide bonds. The molecule has 6 nitrogen and oxygen atoms in total. The van der Waals surface area contributed by atoms with Gasteiger partial charge in [0, 0.05) is 24.3 Å². The summed E-state index contributed by atoms with van der Waals surface area (Å²) in [7, 11) is 1.94. The van der Waals surface area contributed by atoms with Gasteiger partial charge in [0.25, 0.3) is 0 Å². The molecule has 2 rings (SSSR count). The van der Waals surface area contributed by atoms with Crippen LogP contribution >= 0.6 is 11.8 Å². The normalized spacial score (nSPS) is 9.35. The molecule has 1 aromatic carbocycles. The largest absolute Gasteiger partial charge is 0.329 e. The molecule has 0 aliphatic heterocycles. The Morgan fingerprint density at radius 3 is 2.55 bits per heavy atom. The molecular formula is C13H10N6S. The van der Waals surface area contributed by atoms with Crippen LogP contribution in [-0.4, -0.2) is 15.3 Å². The zero-order valence-electron chi connectivity index (χ0n) is 10.6. The highest BCUT2D eigenvalue weighted by molar-refractivity contribution is 7.99. The van der Waals surface area contributed by atoms with E-state index in [1.807, 2.05) is 42.1 Å². The number of hydrogen-bond acceptors (Lipinski definition) is 6. The summed E-state index contributed by atoms with van der Waals surface area (Å²) in [4.78, 5) is 5.27. The smallest absolute Gasteiger partial charge is 0.237 e.